The largest absolute Gasteiger partial charge is 0.324 e. The van der Waals surface area contributed by atoms with Gasteiger partial charge in [0.1, 0.15) is 0 Å². The molecule has 2 aliphatic rings. The number of fused-ring (bicyclic) bond motifs is 2. The number of anilines is 1. The number of hydrogen-bond acceptors (Lipinski definition) is 6. The van der Waals surface area contributed by atoms with Crippen LogP contribution in [0.4, 0.5) is 5.69 Å². The molecule has 1 aromatic heterocycles. The summed E-state index contributed by atoms with van der Waals surface area (Å²) >= 11 is 6.22. The van der Waals surface area contributed by atoms with E-state index in [1.165, 1.54) is 4.31 Å². The highest BCUT2D eigenvalue weighted by molar-refractivity contribution is 7.93. The Kier molecular flexibility index (Phi) is 5.90. The van der Waals surface area contributed by atoms with E-state index in [2.05, 4.69) is 10.3 Å². The first-order chi connectivity index (χ1) is 16.4. The number of nitrogens with zero attached hydrogens (tertiary/aromatic N) is 2. The van der Waals surface area contributed by atoms with Crippen LogP contribution in [0.15, 0.2) is 54.9 Å². The normalized spacial score (nSPS) is 21.1. The van der Waals surface area contributed by atoms with Crippen LogP contribution in [0.5, 0.6) is 0 Å². The van der Waals surface area contributed by atoms with Gasteiger partial charge >= 0.3 is 0 Å². The average Bonchev–Trinajstić information content (AvgIpc) is 2.76. The summed E-state index contributed by atoms with van der Waals surface area (Å²) in [5.74, 6) is -1.77. The molecule has 184 valence electrons. The van der Waals surface area contributed by atoms with Crippen molar-refractivity contribution in [1.82, 2.24) is 9.29 Å². The van der Waals surface area contributed by atoms with Gasteiger partial charge < -0.3 is 5.32 Å². The predicted octanol–water partition coefficient (Wildman–Crippen LogP) is 3.19. The zero-order valence-corrected chi connectivity index (χ0v) is 21.3. The molecule has 1 fully saturated rings. The van der Waals surface area contributed by atoms with Gasteiger partial charge in [-0.15, -0.1) is 0 Å². The van der Waals surface area contributed by atoms with Crippen molar-refractivity contribution >= 4 is 53.8 Å². The van der Waals surface area contributed by atoms with Crippen molar-refractivity contribution in [3.05, 3.63) is 71.0 Å². The van der Waals surface area contributed by atoms with Crippen molar-refractivity contribution in [1.29, 1.82) is 0 Å². The van der Waals surface area contributed by atoms with E-state index in [4.69, 9.17) is 11.6 Å². The fraction of sp³-hybridized carbons (Fsp3) is 0.333. The van der Waals surface area contributed by atoms with Gasteiger partial charge in [0.05, 0.1) is 35.1 Å². The molecule has 1 N–H and O–H groups in total. The lowest BCUT2D eigenvalue weighted by molar-refractivity contribution is -0.118. The number of benzene rings is 2. The minimum atomic E-state index is -3.84. The van der Waals surface area contributed by atoms with Gasteiger partial charge in [0, 0.05) is 40.5 Å². The Bertz CT molecular complexity index is 1540. The molecule has 3 aromatic rings. The number of pyridine rings is 1. The minimum Gasteiger partial charge on any atom is -0.324 e. The highest BCUT2D eigenvalue weighted by Gasteiger charge is 2.49. The molecule has 1 saturated heterocycles. The first-order valence-electron chi connectivity index (χ1n) is 11.0. The van der Waals surface area contributed by atoms with E-state index in [0.29, 0.717) is 21.8 Å². The Labute approximate surface area is 209 Å². The number of hydrogen-bond donors (Lipinski definition) is 1. The van der Waals surface area contributed by atoms with Crippen molar-refractivity contribution < 1.29 is 21.6 Å². The quantitative estimate of drug-likeness (QED) is 0.539. The highest BCUT2D eigenvalue weighted by atomic mass is 35.5. The molecule has 0 saturated carbocycles. The molecule has 3 heterocycles. The summed E-state index contributed by atoms with van der Waals surface area (Å²) in [7, 11) is -7.03. The number of nitrogens with one attached hydrogen (secondary N) is 1. The SMILES string of the molecule is CC1(CS(=O)(=O)N2Cc3ccc(Cl)cc3[C@H](C(=O)Nc3cncc4ccccc34)C2)CS(=O)(=O)C1. The van der Waals surface area contributed by atoms with Crippen LogP contribution in [0.25, 0.3) is 10.8 Å². The molecule has 35 heavy (non-hydrogen) atoms. The summed E-state index contributed by atoms with van der Waals surface area (Å²) in [6.45, 7) is 1.70. The number of rotatable bonds is 5. The van der Waals surface area contributed by atoms with E-state index in [1.54, 1.807) is 37.5 Å². The smallest absolute Gasteiger partial charge is 0.233 e. The molecular weight excluding hydrogens is 510 g/mol. The molecule has 0 aliphatic carbocycles. The van der Waals surface area contributed by atoms with Crippen LogP contribution < -0.4 is 5.32 Å². The summed E-state index contributed by atoms with van der Waals surface area (Å²) in [6.07, 6.45) is 3.27. The summed E-state index contributed by atoms with van der Waals surface area (Å²) < 4.78 is 51.4. The van der Waals surface area contributed by atoms with Gasteiger partial charge in [0.2, 0.25) is 15.9 Å². The molecule has 0 bridgehead atoms. The van der Waals surface area contributed by atoms with Crippen LogP contribution in [0.3, 0.4) is 0 Å². The number of sulfonamides is 1. The van der Waals surface area contributed by atoms with Crippen molar-refractivity contribution in [2.45, 2.75) is 19.4 Å². The molecule has 1 atom stereocenters. The van der Waals surface area contributed by atoms with Gasteiger partial charge in [-0.3, -0.25) is 9.78 Å². The van der Waals surface area contributed by atoms with E-state index in [1.807, 2.05) is 24.3 Å². The Hall–Kier alpha value is -2.53. The molecule has 2 aliphatic heterocycles. The van der Waals surface area contributed by atoms with E-state index < -0.39 is 31.2 Å². The second-order valence-electron chi connectivity index (χ2n) is 9.68. The van der Waals surface area contributed by atoms with Gasteiger partial charge in [-0.25, -0.2) is 16.8 Å². The van der Waals surface area contributed by atoms with Crippen molar-refractivity contribution in [2.24, 2.45) is 5.41 Å². The van der Waals surface area contributed by atoms with Gasteiger partial charge in [0.25, 0.3) is 0 Å². The number of carbonyl (C=O) groups is 1. The average molecular weight is 534 g/mol. The fourth-order valence-corrected chi connectivity index (χ4v) is 9.76. The second-order valence-corrected chi connectivity index (χ2v) is 14.2. The van der Waals surface area contributed by atoms with Crippen LogP contribution in [0, 0.1) is 5.41 Å². The van der Waals surface area contributed by atoms with E-state index in [9.17, 15) is 21.6 Å². The lowest BCUT2D eigenvalue weighted by Gasteiger charge is -2.40. The zero-order chi connectivity index (χ0) is 25.0. The molecule has 0 unspecified atom stereocenters. The van der Waals surface area contributed by atoms with Gasteiger partial charge in [-0.1, -0.05) is 48.9 Å². The Balaban J connectivity index is 1.45. The molecule has 5 rings (SSSR count). The van der Waals surface area contributed by atoms with Crippen molar-refractivity contribution in [3.8, 4) is 0 Å². The third kappa shape index (κ3) is 4.80. The Morgan fingerprint density at radius 1 is 1.20 bits per heavy atom. The van der Waals surface area contributed by atoms with Crippen molar-refractivity contribution in [3.63, 3.8) is 0 Å². The van der Waals surface area contributed by atoms with Gasteiger partial charge in [0.15, 0.2) is 9.84 Å². The van der Waals surface area contributed by atoms with E-state index >= 15 is 0 Å². The molecule has 1 amide bonds. The van der Waals surface area contributed by atoms with Crippen LogP contribution in [0.1, 0.15) is 24.0 Å². The molecule has 0 radical (unpaired) electrons. The molecule has 0 spiro atoms. The third-order valence-electron chi connectivity index (χ3n) is 6.52. The number of carbonyl (C=O) groups excluding carboxylic acids is 1. The highest BCUT2D eigenvalue weighted by Crippen LogP contribution is 2.38. The lowest BCUT2D eigenvalue weighted by atomic mass is 9.90. The third-order valence-corrected chi connectivity index (χ3v) is 11.2. The van der Waals surface area contributed by atoms with E-state index in [-0.39, 0.29) is 36.3 Å². The Morgan fingerprint density at radius 2 is 1.94 bits per heavy atom. The summed E-state index contributed by atoms with van der Waals surface area (Å²) in [5, 5.41) is 5.07. The number of halogens is 1. The number of sulfone groups is 1. The van der Waals surface area contributed by atoms with Crippen LogP contribution in [-0.4, -0.2) is 55.8 Å². The zero-order valence-electron chi connectivity index (χ0n) is 18.9. The van der Waals surface area contributed by atoms with Gasteiger partial charge in [-0.2, -0.15) is 4.31 Å². The number of aromatic nitrogens is 1. The summed E-state index contributed by atoms with van der Waals surface area (Å²) in [5.41, 5.74) is 1.06. The maximum atomic E-state index is 13.5. The first-order valence-corrected chi connectivity index (χ1v) is 14.9. The number of amides is 1. The minimum absolute atomic E-state index is 0.0669. The molecular formula is C24H24ClN3O5S2. The summed E-state index contributed by atoms with van der Waals surface area (Å²) in [4.78, 5) is 17.7. The maximum Gasteiger partial charge on any atom is 0.233 e. The van der Waals surface area contributed by atoms with Gasteiger partial charge in [-0.05, 0) is 23.3 Å². The molecule has 8 nitrogen and oxygen atoms in total. The maximum absolute atomic E-state index is 13.5. The van der Waals surface area contributed by atoms with Crippen LogP contribution in [-0.2, 0) is 31.2 Å². The van der Waals surface area contributed by atoms with E-state index in [0.717, 1.165) is 10.8 Å². The Morgan fingerprint density at radius 3 is 2.69 bits per heavy atom. The van der Waals surface area contributed by atoms with Crippen molar-refractivity contribution in [2.75, 3.05) is 29.1 Å². The topological polar surface area (TPSA) is 114 Å². The lowest BCUT2D eigenvalue weighted by Crippen LogP contribution is -2.53. The summed E-state index contributed by atoms with van der Waals surface area (Å²) in [6, 6.07) is 12.6. The molecule has 11 heteroatoms. The standard InChI is InChI=1S/C24H24ClN3O5S2/c1-24(13-34(30,31)14-24)15-35(32,33)28-11-17-6-7-18(25)8-20(17)21(12-28)23(29)27-22-10-26-9-16-4-2-3-5-19(16)22/h2-10,21H,11-15H2,1H3,(H,27,29)/t21-/m1/s1. The predicted molar refractivity (Wildman–Crippen MR) is 136 cm³/mol. The van der Waals surface area contributed by atoms with Crippen LogP contribution in [0.2, 0.25) is 5.02 Å². The molecule has 2 aromatic carbocycles. The second kappa shape index (κ2) is 8.55. The first kappa shape index (κ1) is 24.2. The van der Waals surface area contributed by atoms with Crippen LogP contribution >= 0.6 is 11.6 Å². The monoisotopic (exact) mass is 533 g/mol. The fourth-order valence-electron chi connectivity index (χ4n) is 5.10.